The van der Waals surface area contributed by atoms with Gasteiger partial charge in [0, 0.05) is 17.3 Å². The fourth-order valence-electron chi connectivity index (χ4n) is 3.24. The molecule has 0 aliphatic rings. The highest BCUT2D eigenvalue weighted by Crippen LogP contribution is 2.31. The van der Waals surface area contributed by atoms with Gasteiger partial charge >= 0.3 is 0 Å². The molecule has 1 N–H and O–H groups in total. The number of aromatic nitrogens is 2. The Morgan fingerprint density at radius 3 is 2.62 bits per heavy atom. The Labute approximate surface area is 165 Å². The molecule has 3 heterocycles. The molecule has 0 bridgehead atoms. The summed E-state index contributed by atoms with van der Waals surface area (Å²) >= 11 is 0. The number of hydrogen-bond donors (Lipinski definition) is 1. The molecule has 0 saturated heterocycles. The third-order valence-electron chi connectivity index (χ3n) is 4.59. The van der Waals surface area contributed by atoms with Crippen molar-refractivity contribution in [2.75, 3.05) is 12.4 Å². The van der Waals surface area contributed by atoms with Gasteiger partial charge in [-0.2, -0.15) is 0 Å². The number of benzene rings is 1. The van der Waals surface area contributed by atoms with E-state index >= 15 is 0 Å². The molecule has 0 spiro atoms. The van der Waals surface area contributed by atoms with E-state index in [0.29, 0.717) is 33.8 Å². The van der Waals surface area contributed by atoms with Crippen LogP contribution in [0.2, 0.25) is 0 Å². The van der Waals surface area contributed by atoms with Crippen LogP contribution in [-0.2, 0) is 0 Å². The summed E-state index contributed by atoms with van der Waals surface area (Å²) in [6, 6.07) is 7.69. The molecule has 0 fully saturated rings. The van der Waals surface area contributed by atoms with Crippen LogP contribution >= 0.6 is 0 Å². The summed E-state index contributed by atoms with van der Waals surface area (Å²) in [6.07, 6.45) is 0. The average molecular weight is 395 g/mol. The second-order valence-corrected chi connectivity index (χ2v) is 6.63. The predicted octanol–water partition coefficient (Wildman–Crippen LogP) is 4.81. The molecule has 0 atom stereocenters. The number of carbonyl (C=O) groups is 1. The number of amides is 1. The molecule has 0 radical (unpaired) electrons. The first kappa shape index (κ1) is 18.7. The summed E-state index contributed by atoms with van der Waals surface area (Å²) in [5.74, 6) is 0.489. The predicted molar refractivity (Wildman–Crippen MR) is 105 cm³/mol. The van der Waals surface area contributed by atoms with Gasteiger partial charge in [-0.05, 0) is 45.0 Å². The standard InChI is InChI=1S/C21H18FN3O4/c1-10-7-14(12(3)28-10)17-9-15(19-11(2)25-29-21(19)24-17)20(26)23-13-5-6-18(27-4)16(22)8-13/h5-9H,1-4H3,(H,23,26). The van der Waals surface area contributed by atoms with Crippen molar-refractivity contribution in [2.24, 2.45) is 0 Å². The van der Waals surface area contributed by atoms with Gasteiger partial charge in [-0.25, -0.2) is 9.37 Å². The van der Waals surface area contributed by atoms with E-state index in [1.165, 1.54) is 19.2 Å². The van der Waals surface area contributed by atoms with Crippen LogP contribution in [0.15, 0.2) is 39.3 Å². The number of fused-ring (bicyclic) bond motifs is 1. The Bertz CT molecular complexity index is 1240. The highest BCUT2D eigenvalue weighted by Gasteiger charge is 2.21. The number of nitrogens with zero attached hydrogens (tertiary/aromatic N) is 2. The van der Waals surface area contributed by atoms with E-state index in [1.54, 1.807) is 19.1 Å². The van der Waals surface area contributed by atoms with E-state index in [1.807, 2.05) is 19.9 Å². The normalized spacial score (nSPS) is 11.1. The Morgan fingerprint density at radius 1 is 1.17 bits per heavy atom. The molecule has 0 aliphatic heterocycles. The smallest absolute Gasteiger partial charge is 0.259 e. The lowest BCUT2D eigenvalue weighted by Crippen LogP contribution is -2.13. The maximum absolute atomic E-state index is 14.0. The molecule has 148 valence electrons. The Kier molecular flexibility index (Phi) is 4.54. The minimum atomic E-state index is -0.573. The van der Waals surface area contributed by atoms with E-state index in [9.17, 15) is 9.18 Å². The molecule has 3 aromatic heterocycles. The quantitative estimate of drug-likeness (QED) is 0.533. The number of nitrogens with one attached hydrogen (secondary N) is 1. The molecule has 4 aromatic rings. The lowest BCUT2D eigenvalue weighted by Gasteiger charge is -2.09. The summed E-state index contributed by atoms with van der Waals surface area (Å²) in [5.41, 5.74) is 2.66. The van der Waals surface area contributed by atoms with E-state index in [2.05, 4.69) is 15.5 Å². The fraction of sp³-hybridized carbons (Fsp3) is 0.190. The largest absolute Gasteiger partial charge is 0.494 e. The highest BCUT2D eigenvalue weighted by molar-refractivity contribution is 6.13. The van der Waals surface area contributed by atoms with Gasteiger partial charge in [0.1, 0.15) is 11.5 Å². The first-order chi connectivity index (χ1) is 13.9. The molecule has 1 aromatic carbocycles. The zero-order valence-corrected chi connectivity index (χ0v) is 16.3. The molecule has 0 aliphatic carbocycles. The van der Waals surface area contributed by atoms with Gasteiger partial charge in [-0.15, -0.1) is 0 Å². The van der Waals surface area contributed by atoms with Gasteiger partial charge in [-0.1, -0.05) is 5.16 Å². The molecular formula is C21H18FN3O4. The number of hydrogen-bond acceptors (Lipinski definition) is 6. The van der Waals surface area contributed by atoms with Crippen LogP contribution in [0.5, 0.6) is 5.75 Å². The highest BCUT2D eigenvalue weighted by atomic mass is 19.1. The Balaban J connectivity index is 1.79. The van der Waals surface area contributed by atoms with Crippen molar-refractivity contribution in [1.29, 1.82) is 0 Å². The number of ether oxygens (including phenoxy) is 1. The zero-order chi connectivity index (χ0) is 20.7. The Hall–Kier alpha value is -3.68. The van der Waals surface area contributed by atoms with Crippen molar-refractivity contribution >= 4 is 22.7 Å². The lowest BCUT2D eigenvalue weighted by atomic mass is 10.1. The number of carbonyl (C=O) groups excluding carboxylic acids is 1. The third-order valence-corrected chi connectivity index (χ3v) is 4.59. The van der Waals surface area contributed by atoms with Gasteiger partial charge in [0.15, 0.2) is 11.6 Å². The number of halogens is 1. The number of furan rings is 1. The molecule has 8 heteroatoms. The Morgan fingerprint density at radius 2 is 1.97 bits per heavy atom. The molecule has 0 unspecified atom stereocenters. The maximum Gasteiger partial charge on any atom is 0.259 e. The number of rotatable bonds is 4. The average Bonchev–Trinajstić information content (AvgIpc) is 3.22. The maximum atomic E-state index is 14.0. The van der Waals surface area contributed by atoms with E-state index in [4.69, 9.17) is 13.7 Å². The van der Waals surface area contributed by atoms with E-state index < -0.39 is 11.7 Å². The number of anilines is 1. The van der Waals surface area contributed by atoms with Crippen LogP contribution < -0.4 is 10.1 Å². The van der Waals surface area contributed by atoms with Crippen molar-refractivity contribution in [3.63, 3.8) is 0 Å². The molecule has 7 nitrogen and oxygen atoms in total. The summed E-state index contributed by atoms with van der Waals surface area (Å²) in [7, 11) is 1.38. The minimum Gasteiger partial charge on any atom is -0.494 e. The first-order valence-electron chi connectivity index (χ1n) is 8.86. The second-order valence-electron chi connectivity index (χ2n) is 6.63. The van der Waals surface area contributed by atoms with E-state index in [-0.39, 0.29) is 11.5 Å². The first-order valence-corrected chi connectivity index (χ1v) is 8.86. The van der Waals surface area contributed by atoms with Crippen LogP contribution in [0, 0.1) is 26.6 Å². The van der Waals surface area contributed by atoms with Gasteiger partial charge < -0.3 is 19.0 Å². The SMILES string of the molecule is COc1ccc(NC(=O)c2cc(-c3cc(C)oc3C)nc3onc(C)c23)cc1F. The molecule has 0 saturated carbocycles. The number of aryl methyl sites for hydroxylation is 3. The van der Waals surface area contributed by atoms with Gasteiger partial charge in [-0.3, -0.25) is 4.79 Å². The molecule has 29 heavy (non-hydrogen) atoms. The monoisotopic (exact) mass is 395 g/mol. The van der Waals surface area contributed by atoms with Crippen LogP contribution in [-0.4, -0.2) is 23.2 Å². The van der Waals surface area contributed by atoms with Crippen LogP contribution in [0.4, 0.5) is 10.1 Å². The van der Waals surface area contributed by atoms with Crippen LogP contribution in [0.25, 0.3) is 22.4 Å². The third kappa shape index (κ3) is 3.33. The van der Waals surface area contributed by atoms with E-state index in [0.717, 1.165) is 11.3 Å². The van der Waals surface area contributed by atoms with Crippen molar-refractivity contribution in [1.82, 2.24) is 10.1 Å². The van der Waals surface area contributed by atoms with Gasteiger partial charge in [0.25, 0.3) is 11.6 Å². The van der Waals surface area contributed by atoms with Gasteiger partial charge in [0.2, 0.25) is 0 Å². The fourth-order valence-corrected chi connectivity index (χ4v) is 3.24. The lowest BCUT2D eigenvalue weighted by molar-refractivity contribution is 0.102. The number of methoxy groups -OCH3 is 1. The number of pyridine rings is 1. The topological polar surface area (TPSA) is 90.4 Å². The van der Waals surface area contributed by atoms with Crippen LogP contribution in [0.3, 0.4) is 0 Å². The minimum absolute atomic E-state index is 0.0947. The second kappa shape index (κ2) is 7.05. The molecule has 4 rings (SSSR count). The van der Waals surface area contributed by atoms with Crippen molar-refractivity contribution in [3.8, 4) is 17.0 Å². The molecular weight excluding hydrogens is 377 g/mol. The zero-order valence-electron chi connectivity index (χ0n) is 16.3. The summed E-state index contributed by atoms with van der Waals surface area (Å²) in [6.45, 7) is 5.38. The van der Waals surface area contributed by atoms with Crippen molar-refractivity contribution < 1.29 is 22.9 Å². The van der Waals surface area contributed by atoms with Crippen molar-refractivity contribution in [3.05, 3.63) is 58.9 Å². The molecule has 1 amide bonds. The summed E-state index contributed by atoms with van der Waals surface area (Å²) in [5, 5.41) is 7.13. The van der Waals surface area contributed by atoms with Crippen LogP contribution in [0.1, 0.15) is 27.6 Å². The summed E-state index contributed by atoms with van der Waals surface area (Å²) in [4.78, 5) is 17.5. The summed E-state index contributed by atoms with van der Waals surface area (Å²) < 4.78 is 29.8. The van der Waals surface area contributed by atoms with Gasteiger partial charge in [0.05, 0.1) is 29.4 Å². The van der Waals surface area contributed by atoms with Crippen molar-refractivity contribution in [2.45, 2.75) is 20.8 Å².